The standard InChI is InChI=1S/C15H19ClF2N4O4/c1-14(2,3)26-13(23)21-7-9(6-15(17,18)8-21)20-10-4-5-19-12(16)11(10)22(24)25/h4-5,9H,6-8H2,1-3H3,(H,19,20). The minimum Gasteiger partial charge on any atom is -0.444 e. The van der Waals surface area contributed by atoms with Gasteiger partial charge in [0, 0.05) is 25.2 Å². The molecule has 8 nitrogen and oxygen atoms in total. The van der Waals surface area contributed by atoms with Crippen LogP contribution in [0.3, 0.4) is 0 Å². The van der Waals surface area contributed by atoms with E-state index >= 15 is 0 Å². The number of rotatable bonds is 3. The van der Waals surface area contributed by atoms with Gasteiger partial charge in [-0.25, -0.2) is 18.6 Å². The van der Waals surface area contributed by atoms with Crippen molar-refractivity contribution in [1.29, 1.82) is 0 Å². The molecule has 1 aromatic heterocycles. The molecule has 1 aliphatic heterocycles. The Hall–Kier alpha value is -2.23. The Morgan fingerprint density at radius 1 is 1.54 bits per heavy atom. The van der Waals surface area contributed by atoms with Gasteiger partial charge in [0.1, 0.15) is 11.3 Å². The molecule has 0 aromatic carbocycles. The highest BCUT2D eigenvalue weighted by Crippen LogP contribution is 2.34. The van der Waals surface area contributed by atoms with Gasteiger partial charge in [-0.3, -0.25) is 10.1 Å². The van der Waals surface area contributed by atoms with E-state index in [9.17, 15) is 23.7 Å². The number of likely N-dealkylation sites (tertiary alicyclic amines) is 1. The molecule has 0 radical (unpaired) electrons. The molecule has 1 fully saturated rings. The van der Waals surface area contributed by atoms with Crippen LogP contribution in [0.4, 0.5) is 25.0 Å². The van der Waals surface area contributed by atoms with Gasteiger partial charge in [0.05, 0.1) is 11.5 Å². The van der Waals surface area contributed by atoms with Crippen LogP contribution in [0.25, 0.3) is 0 Å². The van der Waals surface area contributed by atoms with Crippen LogP contribution in [0, 0.1) is 10.1 Å². The lowest BCUT2D eigenvalue weighted by Crippen LogP contribution is -2.54. The molecule has 26 heavy (non-hydrogen) atoms. The number of halogens is 3. The summed E-state index contributed by atoms with van der Waals surface area (Å²) in [6, 6.07) is 0.345. The molecule has 0 saturated carbocycles. The molecular weight excluding hydrogens is 374 g/mol. The third-order valence-electron chi connectivity index (χ3n) is 3.48. The number of amides is 1. The van der Waals surface area contributed by atoms with Crippen molar-refractivity contribution in [2.75, 3.05) is 18.4 Å². The van der Waals surface area contributed by atoms with Gasteiger partial charge in [-0.15, -0.1) is 0 Å². The molecular formula is C15H19ClF2N4O4. The fourth-order valence-electron chi connectivity index (χ4n) is 2.60. The summed E-state index contributed by atoms with van der Waals surface area (Å²) >= 11 is 5.72. The summed E-state index contributed by atoms with van der Waals surface area (Å²) in [6.07, 6.45) is -0.237. The summed E-state index contributed by atoms with van der Waals surface area (Å²) in [5.41, 5.74) is -1.38. The highest BCUT2D eigenvalue weighted by molar-refractivity contribution is 6.32. The number of piperidine rings is 1. The Bertz CT molecular complexity index is 711. The first-order valence-corrected chi connectivity index (χ1v) is 8.17. The monoisotopic (exact) mass is 392 g/mol. The van der Waals surface area contributed by atoms with Crippen molar-refractivity contribution in [1.82, 2.24) is 9.88 Å². The average molecular weight is 393 g/mol. The Morgan fingerprint density at radius 3 is 2.77 bits per heavy atom. The van der Waals surface area contributed by atoms with Gasteiger partial charge in [-0.2, -0.15) is 0 Å². The van der Waals surface area contributed by atoms with Crippen LogP contribution >= 0.6 is 11.6 Å². The maximum Gasteiger partial charge on any atom is 0.410 e. The zero-order chi connectivity index (χ0) is 19.7. The SMILES string of the molecule is CC(C)(C)OC(=O)N1CC(Nc2ccnc(Cl)c2[N+](=O)[O-])CC(F)(F)C1. The number of nitro groups is 1. The number of hydrogen-bond donors (Lipinski definition) is 1. The largest absolute Gasteiger partial charge is 0.444 e. The number of carbonyl (C=O) groups excluding carboxylic acids is 1. The topological polar surface area (TPSA) is 97.6 Å². The van der Waals surface area contributed by atoms with Crippen LogP contribution in [0.1, 0.15) is 27.2 Å². The van der Waals surface area contributed by atoms with Crippen LogP contribution in [0.2, 0.25) is 5.15 Å². The zero-order valence-electron chi connectivity index (χ0n) is 14.5. The average Bonchev–Trinajstić information content (AvgIpc) is 2.43. The van der Waals surface area contributed by atoms with Gasteiger partial charge < -0.3 is 15.0 Å². The molecule has 0 bridgehead atoms. The van der Waals surface area contributed by atoms with Crippen molar-refractivity contribution >= 4 is 29.1 Å². The zero-order valence-corrected chi connectivity index (χ0v) is 15.2. The maximum absolute atomic E-state index is 14.1. The molecule has 1 saturated heterocycles. The molecule has 1 aromatic rings. The summed E-state index contributed by atoms with van der Waals surface area (Å²) in [5.74, 6) is -3.17. The normalized spacial score (nSPS) is 19.8. The quantitative estimate of drug-likeness (QED) is 0.478. The molecule has 2 rings (SSSR count). The smallest absolute Gasteiger partial charge is 0.410 e. The summed E-state index contributed by atoms with van der Waals surface area (Å²) in [6.45, 7) is 4.02. The van der Waals surface area contributed by atoms with Gasteiger partial charge in [-0.1, -0.05) is 11.6 Å². The van der Waals surface area contributed by atoms with Gasteiger partial charge in [0.15, 0.2) is 0 Å². The number of ether oxygens (including phenoxy) is 1. The highest BCUT2D eigenvalue weighted by Gasteiger charge is 2.43. The molecule has 0 spiro atoms. The Morgan fingerprint density at radius 2 is 2.19 bits per heavy atom. The van der Waals surface area contributed by atoms with E-state index in [4.69, 9.17) is 16.3 Å². The van der Waals surface area contributed by atoms with Crippen LogP contribution < -0.4 is 5.32 Å². The Balaban J connectivity index is 2.21. The molecule has 1 aliphatic rings. The molecule has 2 heterocycles. The number of pyridine rings is 1. The number of hydrogen-bond acceptors (Lipinski definition) is 6. The lowest BCUT2D eigenvalue weighted by Gasteiger charge is -2.38. The second-order valence-corrected chi connectivity index (χ2v) is 7.38. The minimum atomic E-state index is -3.17. The highest BCUT2D eigenvalue weighted by atomic mass is 35.5. The number of alkyl halides is 2. The van der Waals surface area contributed by atoms with Gasteiger partial charge in [0.2, 0.25) is 5.15 Å². The van der Waals surface area contributed by atoms with Crippen molar-refractivity contribution in [3.05, 3.63) is 27.5 Å². The van der Waals surface area contributed by atoms with E-state index in [2.05, 4.69) is 10.3 Å². The van der Waals surface area contributed by atoms with Crippen molar-refractivity contribution in [2.24, 2.45) is 0 Å². The Kier molecular flexibility index (Phi) is 5.55. The second-order valence-electron chi connectivity index (χ2n) is 7.02. The van der Waals surface area contributed by atoms with Crippen molar-refractivity contribution in [3.8, 4) is 0 Å². The molecule has 0 aliphatic carbocycles. The molecule has 1 amide bonds. The van der Waals surface area contributed by atoms with Crippen LogP contribution in [-0.2, 0) is 4.74 Å². The van der Waals surface area contributed by atoms with Crippen LogP contribution in [0.15, 0.2) is 12.3 Å². The number of anilines is 1. The number of aromatic nitrogens is 1. The van der Waals surface area contributed by atoms with Crippen LogP contribution in [0.5, 0.6) is 0 Å². The van der Waals surface area contributed by atoms with E-state index in [1.807, 2.05) is 0 Å². The maximum atomic E-state index is 14.1. The molecule has 1 atom stereocenters. The summed E-state index contributed by atoms with van der Waals surface area (Å²) in [7, 11) is 0. The van der Waals surface area contributed by atoms with Crippen LogP contribution in [-0.4, -0.2) is 51.6 Å². The first-order valence-electron chi connectivity index (χ1n) is 7.79. The molecule has 144 valence electrons. The third kappa shape index (κ3) is 5.13. The fraction of sp³-hybridized carbons (Fsp3) is 0.600. The first kappa shape index (κ1) is 20.1. The molecule has 1 N–H and O–H groups in total. The van der Waals surface area contributed by atoms with Crippen molar-refractivity contribution in [2.45, 2.75) is 44.8 Å². The first-order chi connectivity index (χ1) is 11.9. The van der Waals surface area contributed by atoms with E-state index in [0.717, 1.165) is 4.90 Å². The predicted octanol–water partition coefficient (Wildman–Crippen LogP) is 3.70. The Labute approximate surface area is 153 Å². The third-order valence-corrected chi connectivity index (χ3v) is 3.76. The molecule has 11 heteroatoms. The van der Waals surface area contributed by atoms with E-state index in [0.29, 0.717) is 0 Å². The van der Waals surface area contributed by atoms with Gasteiger partial charge in [-0.05, 0) is 26.8 Å². The van der Waals surface area contributed by atoms with E-state index in [1.54, 1.807) is 20.8 Å². The lowest BCUT2D eigenvalue weighted by molar-refractivity contribution is -0.384. The minimum absolute atomic E-state index is 0.0400. The second kappa shape index (κ2) is 7.18. The summed E-state index contributed by atoms with van der Waals surface area (Å²) < 4.78 is 33.3. The molecule has 1 unspecified atom stereocenters. The van der Waals surface area contributed by atoms with Crippen molar-refractivity contribution in [3.63, 3.8) is 0 Å². The number of nitrogens with one attached hydrogen (secondary N) is 1. The van der Waals surface area contributed by atoms with E-state index < -0.39 is 47.2 Å². The lowest BCUT2D eigenvalue weighted by atomic mass is 10.0. The number of carbonyl (C=O) groups is 1. The predicted molar refractivity (Wildman–Crippen MR) is 90.7 cm³/mol. The number of nitrogens with zero attached hydrogens (tertiary/aromatic N) is 3. The summed E-state index contributed by atoms with van der Waals surface area (Å²) in [4.78, 5) is 27.0. The summed E-state index contributed by atoms with van der Waals surface area (Å²) in [5, 5.41) is 13.5. The van der Waals surface area contributed by atoms with Crippen molar-refractivity contribution < 1.29 is 23.2 Å². The van der Waals surface area contributed by atoms with E-state index in [-0.39, 0.29) is 17.4 Å². The van der Waals surface area contributed by atoms with E-state index in [1.165, 1.54) is 12.3 Å². The fourth-order valence-corrected chi connectivity index (χ4v) is 2.83. The van der Waals surface area contributed by atoms with Gasteiger partial charge >= 0.3 is 11.8 Å². The van der Waals surface area contributed by atoms with Gasteiger partial charge in [0.25, 0.3) is 5.92 Å².